The number of nitrogens with zero attached hydrogens (tertiary/aromatic N) is 3. The molecular formula is C18H23ClFN3O2. The maximum Gasteiger partial charge on any atom is 0.256 e. The van der Waals surface area contributed by atoms with Crippen molar-refractivity contribution < 1.29 is 14.0 Å². The molecule has 2 heterocycles. The lowest BCUT2D eigenvalue weighted by Crippen LogP contribution is -2.52. The molecule has 0 spiro atoms. The summed E-state index contributed by atoms with van der Waals surface area (Å²) >= 11 is 5.87. The number of carbonyl (C=O) groups is 2. The van der Waals surface area contributed by atoms with Crippen LogP contribution in [0.1, 0.15) is 29.6 Å². The topological polar surface area (TPSA) is 43.9 Å². The summed E-state index contributed by atoms with van der Waals surface area (Å²) in [6, 6.07) is 4.01. The molecule has 1 aromatic rings. The van der Waals surface area contributed by atoms with Crippen molar-refractivity contribution in [3.05, 3.63) is 34.6 Å². The standard InChI is InChI=1S/C18H23ClFN3O2/c19-14-4-5-16(20)15(12-14)18(25)23-10-8-21(9-11-23)13-17(24)22-6-2-1-3-7-22/h4-5,12H,1-3,6-11,13H2. The van der Waals surface area contributed by atoms with Crippen molar-refractivity contribution >= 4 is 23.4 Å². The predicted molar refractivity (Wildman–Crippen MR) is 94.2 cm³/mol. The summed E-state index contributed by atoms with van der Waals surface area (Å²) in [5, 5.41) is 0.343. The van der Waals surface area contributed by atoms with Crippen LogP contribution in [0.25, 0.3) is 0 Å². The number of hydrogen-bond donors (Lipinski definition) is 0. The van der Waals surface area contributed by atoms with Crippen LogP contribution in [0.15, 0.2) is 18.2 Å². The Morgan fingerprint density at radius 2 is 1.64 bits per heavy atom. The SMILES string of the molecule is O=C(CN1CCN(C(=O)c2cc(Cl)ccc2F)CC1)N1CCCCC1. The second kappa shape index (κ2) is 8.15. The van der Waals surface area contributed by atoms with Crippen LogP contribution in [-0.4, -0.2) is 72.3 Å². The zero-order valence-electron chi connectivity index (χ0n) is 14.2. The quantitative estimate of drug-likeness (QED) is 0.823. The predicted octanol–water partition coefficient (Wildman–Crippen LogP) is 2.25. The van der Waals surface area contributed by atoms with Crippen LogP contribution in [0.3, 0.4) is 0 Å². The van der Waals surface area contributed by atoms with E-state index in [1.807, 2.05) is 4.90 Å². The van der Waals surface area contributed by atoms with Gasteiger partial charge in [0, 0.05) is 44.3 Å². The second-order valence-corrected chi connectivity index (χ2v) is 7.07. The minimum atomic E-state index is -0.558. The van der Waals surface area contributed by atoms with Crippen LogP contribution in [-0.2, 0) is 4.79 Å². The van der Waals surface area contributed by atoms with Gasteiger partial charge in [0.05, 0.1) is 12.1 Å². The van der Waals surface area contributed by atoms with Crippen molar-refractivity contribution in [2.75, 3.05) is 45.8 Å². The summed E-state index contributed by atoms with van der Waals surface area (Å²) in [7, 11) is 0. The van der Waals surface area contributed by atoms with Gasteiger partial charge in [-0.2, -0.15) is 0 Å². The number of piperazine rings is 1. The molecule has 7 heteroatoms. The Hall–Kier alpha value is -1.66. The number of hydrogen-bond acceptors (Lipinski definition) is 3. The Bertz CT molecular complexity index is 641. The van der Waals surface area contributed by atoms with Crippen LogP contribution in [0.5, 0.6) is 0 Å². The summed E-state index contributed by atoms with van der Waals surface area (Å²) < 4.78 is 13.9. The van der Waals surface area contributed by atoms with Gasteiger partial charge in [-0.05, 0) is 37.5 Å². The molecular weight excluding hydrogens is 345 g/mol. The molecule has 0 aromatic heterocycles. The molecule has 136 valence electrons. The van der Waals surface area contributed by atoms with Crippen LogP contribution in [0.4, 0.5) is 4.39 Å². The van der Waals surface area contributed by atoms with Gasteiger partial charge in [0.15, 0.2) is 0 Å². The Labute approximate surface area is 152 Å². The fraction of sp³-hybridized carbons (Fsp3) is 0.556. The van der Waals surface area contributed by atoms with Crippen molar-refractivity contribution in [1.29, 1.82) is 0 Å². The molecule has 0 radical (unpaired) electrons. The third-order valence-corrected chi connectivity index (χ3v) is 5.12. The molecule has 2 fully saturated rings. The first-order chi connectivity index (χ1) is 12.0. The lowest BCUT2D eigenvalue weighted by Gasteiger charge is -2.36. The van der Waals surface area contributed by atoms with Gasteiger partial charge in [0.25, 0.3) is 5.91 Å². The highest BCUT2D eigenvalue weighted by molar-refractivity contribution is 6.31. The van der Waals surface area contributed by atoms with Crippen LogP contribution in [0, 0.1) is 5.82 Å². The van der Waals surface area contributed by atoms with E-state index in [0.717, 1.165) is 25.9 Å². The van der Waals surface area contributed by atoms with Gasteiger partial charge in [-0.25, -0.2) is 4.39 Å². The number of benzene rings is 1. The molecule has 25 heavy (non-hydrogen) atoms. The van der Waals surface area contributed by atoms with E-state index in [9.17, 15) is 14.0 Å². The molecule has 3 rings (SSSR count). The molecule has 2 aliphatic heterocycles. The lowest BCUT2D eigenvalue weighted by atomic mass is 10.1. The molecule has 0 N–H and O–H groups in total. The van der Waals surface area contributed by atoms with Gasteiger partial charge < -0.3 is 9.80 Å². The number of likely N-dealkylation sites (tertiary alicyclic amines) is 1. The monoisotopic (exact) mass is 367 g/mol. The average molecular weight is 368 g/mol. The first-order valence-electron chi connectivity index (χ1n) is 8.79. The minimum Gasteiger partial charge on any atom is -0.342 e. The molecule has 0 saturated carbocycles. The summed E-state index contributed by atoms with van der Waals surface area (Å²) in [4.78, 5) is 30.4. The van der Waals surface area contributed by atoms with Crippen molar-refractivity contribution in [2.45, 2.75) is 19.3 Å². The summed E-state index contributed by atoms with van der Waals surface area (Å²) in [5.41, 5.74) is 0.00495. The van der Waals surface area contributed by atoms with Crippen LogP contribution >= 0.6 is 11.6 Å². The van der Waals surface area contributed by atoms with E-state index < -0.39 is 5.82 Å². The third-order valence-electron chi connectivity index (χ3n) is 4.89. The highest BCUT2D eigenvalue weighted by atomic mass is 35.5. The van der Waals surface area contributed by atoms with E-state index in [1.165, 1.54) is 24.6 Å². The highest BCUT2D eigenvalue weighted by Crippen LogP contribution is 2.18. The molecule has 2 saturated heterocycles. The molecule has 0 aliphatic carbocycles. The number of carbonyl (C=O) groups excluding carboxylic acids is 2. The molecule has 0 bridgehead atoms. The van der Waals surface area contributed by atoms with Crippen molar-refractivity contribution in [1.82, 2.24) is 14.7 Å². The van der Waals surface area contributed by atoms with E-state index in [4.69, 9.17) is 11.6 Å². The zero-order chi connectivity index (χ0) is 17.8. The Balaban J connectivity index is 1.52. The second-order valence-electron chi connectivity index (χ2n) is 6.63. The molecule has 2 amide bonds. The van der Waals surface area contributed by atoms with Crippen LogP contribution in [0.2, 0.25) is 5.02 Å². The van der Waals surface area contributed by atoms with Crippen molar-refractivity contribution in [3.8, 4) is 0 Å². The smallest absolute Gasteiger partial charge is 0.256 e. The first kappa shape index (κ1) is 18.1. The number of amides is 2. The lowest BCUT2D eigenvalue weighted by molar-refractivity contribution is -0.133. The van der Waals surface area contributed by atoms with Crippen molar-refractivity contribution in [2.24, 2.45) is 0 Å². The van der Waals surface area contributed by atoms with Gasteiger partial charge >= 0.3 is 0 Å². The maximum absolute atomic E-state index is 13.9. The summed E-state index contributed by atoms with van der Waals surface area (Å²) in [6.45, 7) is 4.31. The van der Waals surface area contributed by atoms with Gasteiger partial charge in [-0.15, -0.1) is 0 Å². The van der Waals surface area contributed by atoms with Crippen LogP contribution < -0.4 is 0 Å². The largest absolute Gasteiger partial charge is 0.342 e. The zero-order valence-corrected chi connectivity index (χ0v) is 15.0. The molecule has 2 aliphatic rings. The van der Waals surface area contributed by atoms with Gasteiger partial charge in [-0.1, -0.05) is 11.6 Å². The summed E-state index contributed by atoms with van der Waals surface area (Å²) in [5.74, 6) is -0.737. The molecule has 1 aromatic carbocycles. The van der Waals surface area contributed by atoms with E-state index in [-0.39, 0.29) is 17.4 Å². The number of piperidine rings is 1. The Kier molecular flexibility index (Phi) is 5.91. The normalized spacial score (nSPS) is 19.1. The van der Waals surface area contributed by atoms with Crippen molar-refractivity contribution in [3.63, 3.8) is 0 Å². The first-order valence-corrected chi connectivity index (χ1v) is 9.17. The van der Waals surface area contributed by atoms with E-state index in [0.29, 0.717) is 37.7 Å². The maximum atomic E-state index is 13.9. The Morgan fingerprint density at radius 3 is 2.32 bits per heavy atom. The van der Waals surface area contributed by atoms with Gasteiger partial charge in [-0.3, -0.25) is 14.5 Å². The fourth-order valence-corrected chi connectivity index (χ4v) is 3.55. The fourth-order valence-electron chi connectivity index (χ4n) is 3.38. The van der Waals surface area contributed by atoms with E-state index >= 15 is 0 Å². The van der Waals surface area contributed by atoms with E-state index in [2.05, 4.69) is 4.90 Å². The summed E-state index contributed by atoms with van der Waals surface area (Å²) in [6.07, 6.45) is 3.36. The molecule has 0 atom stereocenters. The number of halogens is 2. The highest BCUT2D eigenvalue weighted by Gasteiger charge is 2.26. The van der Waals surface area contributed by atoms with Gasteiger partial charge in [0.1, 0.15) is 5.82 Å². The molecule has 5 nitrogen and oxygen atoms in total. The minimum absolute atomic E-state index is 0.00495. The van der Waals surface area contributed by atoms with E-state index in [1.54, 1.807) is 4.90 Å². The van der Waals surface area contributed by atoms with Gasteiger partial charge in [0.2, 0.25) is 5.91 Å². The third kappa shape index (κ3) is 4.50. The Morgan fingerprint density at radius 1 is 0.960 bits per heavy atom. The molecule has 0 unspecified atom stereocenters. The number of rotatable bonds is 3. The average Bonchev–Trinajstić information content (AvgIpc) is 2.64.